The summed E-state index contributed by atoms with van der Waals surface area (Å²) in [7, 11) is 0. The third-order valence-electron chi connectivity index (χ3n) is 6.85. The quantitative estimate of drug-likeness (QED) is 0.695. The Bertz CT molecular complexity index is 1070. The largest absolute Gasteiger partial charge is 0.454 e. The molecule has 1 aromatic carbocycles. The molecule has 160 valence electrons. The van der Waals surface area contributed by atoms with Crippen LogP contribution in [0.3, 0.4) is 0 Å². The molecule has 3 aromatic rings. The minimum Gasteiger partial charge on any atom is -0.454 e. The summed E-state index contributed by atoms with van der Waals surface area (Å²) in [5.41, 5.74) is 3.03. The lowest BCUT2D eigenvalue weighted by atomic mass is 9.77. The maximum atomic E-state index is 10.9. The van der Waals surface area contributed by atoms with Crippen LogP contribution in [0, 0.1) is 11.8 Å². The van der Waals surface area contributed by atoms with Crippen LogP contribution in [0.1, 0.15) is 24.4 Å². The molecule has 1 saturated heterocycles. The van der Waals surface area contributed by atoms with Crippen LogP contribution in [0.5, 0.6) is 11.5 Å². The lowest BCUT2D eigenvalue weighted by molar-refractivity contribution is 0.0298. The predicted molar refractivity (Wildman–Crippen MR) is 112 cm³/mol. The number of nitrogens with zero attached hydrogens (tertiary/aromatic N) is 5. The number of fused-ring (bicyclic) bond motifs is 2. The van der Waals surface area contributed by atoms with Gasteiger partial charge in [-0.3, -0.25) is 9.88 Å². The zero-order valence-electron chi connectivity index (χ0n) is 17.2. The van der Waals surface area contributed by atoms with Crippen LogP contribution in [0.2, 0.25) is 0 Å². The molecule has 8 heteroatoms. The molecule has 3 aliphatic rings. The monoisotopic (exact) mass is 419 g/mol. The molecule has 0 bridgehead atoms. The number of hydrogen-bond acceptors (Lipinski definition) is 7. The fraction of sp³-hybridized carbons (Fsp3) is 0.435. The van der Waals surface area contributed by atoms with E-state index in [0.29, 0.717) is 18.6 Å². The Morgan fingerprint density at radius 3 is 2.68 bits per heavy atom. The van der Waals surface area contributed by atoms with Gasteiger partial charge < -0.3 is 14.6 Å². The number of pyridine rings is 1. The molecular formula is C23H25N5O3. The fourth-order valence-electron chi connectivity index (χ4n) is 5.31. The topological polar surface area (TPSA) is 85.5 Å². The van der Waals surface area contributed by atoms with Gasteiger partial charge in [-0.25, -0.2) is 4.68 Å². The molecule has 2 fully saturated rings. The Kier molecular flexibility index (Phi) is 4.61. The molecular weight excluding hydrogens is 394 g/mol. The first kappa shape index (κ1) is 18.8. The van der Waals surface area contributed by atoms with Crippen molar-refractivity contribution >= 4 is 0 Å². The number of likely N-dealkylation sites (tertiary alicyclic amines) is 1. The molecule has 4 heterocycles. The van der Waals surface area contributed by atoms with Crippen molar-refractivity contribution in [1.82, 2.24) is 24.9 Å². The van der Waals surface area contributed by atoms with Crippen LogP contribution in [-0.2, 0) is 6.54 Å². The molecule has 31 heavy (non-hydrogen) atoms. The van der Waals surface area contributed by atoms with Gasteiger partial charge in [0, 0.05) is 37.6 Å². The summed E-state index contributed by atoms with van der Waals surface area (Å²) in [4.78, 5) is 6.55. The van der Waals surface area contributed by atoms with Crippen molar-refractivity contribution in [2.45, 2.75) is 31.5 Å². The van der Waals surface area contributed by atoms with Crippen molar-refractivity contribution in [1.29, 1.82) is 0 Å². The van der Waals surface area contributed by atoms with E-state index in [0.717, 1.165) is 55.2 Å². The highest BCUT2D eigenvalue weighted by Gasteiger charge is 2.42. The van der Waals surface area contributed by atoms with Crippen LogP contribution in [-0.4, -0.2) is 56.0 Å². The molecule has 2 aliphatic heterocycles. The minimum absolute atomic E-state index is 0.0326. The molecule has 4 atom stereocenters. The summed E-state index contributed by atoms with van der Waals surface area (Å²) >= 11 is 0. The highest BCUT2D eigenvalue weighted by molar-refractivity contribution is 5.56. The number of ether oxygens (including phenoxy) is 2. The first-order valence-electron chi connectivity index (χ1n) is 10.8. The number of benzene rings is 1. The average molecular weight is 419 g/mol. The minimum atomic E-state index is -0.404. The van der Waals surface area contributed by atoms with Gasteiger partial charge in [0.15, 0.2) is 11.5 Å². The zero-order valence-corrected chi connectivity index (χ0v) is 17.2. The van der Waals surface area contributed by atoms with Crippen molar-refractivity contribution in [3.05, 3.63) is 54.5 Å². The van der Waals surface area contributed by atoms with E-state index >= 15 is 0 Å². The third-order valence-corrected chi connectivity index (χ3v) is 6.85. The van der Waals surface area contributed by atoms with E-state index in [1.54, 1.807) is 12.4 Å². The second-order valence-electron chi connectivity index (χ2n) is 8.83. The smallest absolute Gasteiger partial charge is 0.231 e. The van der Waals surface area contributed by atoms with Crippen LogP contribution < -0.4 is 9.47 Å². The Morgan fingerprint density at radius 2 is 1.81 bits per heavy atom. The maximum Gasteiger partial charge on any atom is 0.231 e. The number of aliphatic hydroxyl groups excluding tert-OH is 1. The van der Waals surface area contributed by atoms with Crippen LogP contribution in [0.4, 0.5) is 0 Å². The van der Waals surface area contributed by atoms with Gasteiger partial charge in [-0.1, -0.05) is 11.3 Å². The summed E-state index contributed by atoms with van der Waals surface area (Å²) in [5, 5.41) is 19.6. The second kappa shape index (κ2) is 7.62. The zero-order chi connectivity index (χ0) is 20.8. The Balaban J connectivity index is 1.14. The van der Waals surface area contributed by atoms with Crippen molar-refractivity contribution in [3.63, 3.8) is 0 Å². The highest BCUT2D eigenvalue weighted by atomic mass is 16.7. The van der Waals surface area contributed by atoms with Crippen LogP contribution >= 0.6 is 0 Å². The Hall–Kier alpha value is -2.97. The molecule has 0 radical (unpaired) electrons. The van der Waals surface area contributed by atoms with Gasteiger partial charge in [0.2, 0.25) is 6.79 Å². The molecule has 0 unspecified atom stereocenters. The molecule has 0 amide bonds. The van der Waals surface area contributed by atoms with E-state index in [4.69, 9.17) is 9.47 Å². The summed E-state index contributed by atoms with van der Waals surface area (Å²) < 4.78 is 12.8. The summed E-state index contributed by atoms with van der Waals surface area (Å²) in [5.74, 6) is 2.73. The maximum absolute atomic E-state index is 10.9. The van der Waals surface area contributed by atoms with Crippen molar-refractivity contribution in [3.8, 4) is 22.8 Å². The second-order valence-corrected chi connectivity index (χ2v) is 8.83. The fourth-order valence-corrected chi connectivity index (χ4v) is 5.31. The highest BCUT2D eigenvalue weighted by Crippen LogP contribution is 2.42. The number of aromatic nitrogens is 4. The first-order valence-corrected chi connectivity index (χ1v) is 10.8. The normalized spacial score (nSPS) is 27.4. The molecule has 1 aliphatic carbocycles. The molecule has 1 saturated carbocycles. The van der Waals surface area contributed by atoms with Crippen LogP contribution in [0.25, 0.3) is 11.3 Å². The Morgan fingerprint density at radius 1 is 1.00 bits per heavy atom. The van der Waals surface area contributed by atoms with E-state index in [2.05, 4.69) is 32.3 Å². The van der Waals surface area contributed by atoms with Gasteiger partial charge in [-0.15, -0.1) is 5.10 Å². The van der Waals surface area contributed by atoms with E-state index in [1.807, 2.05) is 29.1 Å². The van der Waals surface area contributed by atoms with E-state index in [-0.39, 0.29) is 6.04 Å². The molecule has 1 N–H and O–H groups in total. The SMILES string of the molecule is O[C@@H]1C[C@H]2CN(Cc3ccc4c(c3)OCO4)C[C@H]2C[C@H]1n1cc(-c2ccncc2)nn1. The van der Waals surface area contributed by atoms with Gasteiger partial charge in [0.1, 0.15) is 5.69 Å². The first-order chi connectivity index (χ1) is 15.2. The molecule has 6 rings (SSSR count). The van der Waals surface area contributed by atoms with Gasteiger partial charge in [0.05, 0.1) is 18.3 Å². The number of aliphatic hydroxyl groups is 1. The molecule has 0 spiro atoms. The number of rotatable bonds is 4. The van der Waals surface area contributed by atoms with Crippen molar-refractivity contribution in [2.75, 3.05) is 19.9 Å². The lowest BCUT2D eigenvalue weighted by Gasteiger charge is -2.35. The average Bonchev–Trinajstić information content (AvgIpc) is 3.52. The lowest BCUT2D eigenvalue weighted by Crippen LogP contribution is -2.36. The van der Waals surface area contributed by atoms with E-state index in [9.17, 15) is 5.11 Å². The molecule has 8 nitrogen and oxygen atoms in total. The van der Waals surface area contributed by atoms with Crippen molar-refractivity contribution in [2.24, 2.45) is 11.8 Å². The summed E-state index contributed by atoms with van der Waals surface area (Å²) in [6.45, 7) is 3.24. The van der Waals surface area contributed by atoms with Gasteiger partial charge in [-0.05, 0) is 54.5 Å². The number of hydrogen-bond donors (Lipinski definition) is 1. The third kappa shape index (κ3) is 3.55. The predicted octanol–water partition coefficient (Wildman–Crippen LogP) is 2.51. The standard InChI is InChI=1S/C23H25N5O3/c29-21-9-18-12-27(10-15-1-2-22-23(7-15)31-14-30-22)11-17(18)8-20(21)28-13-19(25-26-28)16-3-5-24-6-4-16/h1-7,13,17-18,20-21,29H,8-12,14H2/t17-,18+,20-,21-/m1/s1. The Labute approximate surface area is 180 Å². The summed E-state index contributed by atoms with van der Waals surface area (Å²) in [6, 6.07) is 10.0. The van der Waals surface area contributed by atoms with Crippen LogP contribution in [0.15, 0.2) is 48.9 Å². The van der Waals surface area contributed by atoms with Gasteiger partial charge >= 0.3 is 0 Å². The summed E-state index contributed by atoms with van der Waals surface area (Å²) in [6.07, 6.45) is 6.77. The molecule has 2 aromatic heterocycles. The van der Waals surface area contributed by atoms with E-state index in [1.165, 1.54) is 5.56 Å². The van der Waals surface area contributed by atoms with Gasteiger partial charge in [-0.2, -0.15) is 0 Å². The van der Waals surface area contributed by atoms with Gasteiger partial charge in [0.25, 0.3) is 0 Å². The van der Waals surface area contributed by atoms with E-state index < -0.39 is 6.10 Å². The van der Waals surface area contributed by atoms with Crippen molar-refractivity contribution < 1.29 is 14.6 Å².